The molecule has 4 heteroatoms. The molecule has 1 atom stereocenters. The normalized spacial score (nSPS) is 11.1. The van der Waals surface area contributed by atoms with Crippen LogP contribution in [0.1, 0.15) is 19.8 Å². The maximum absolute atomic E-state index is 11.1. The highest BCUT2D eigenvalue weighted by Crippen LogP contribution is 1.94. The molecule has 4 nitrogen and oxygen atoms in total. The molecule has 1 unspecified atom stereocenters. The SMILES string of the molecule is C#CCC(CC)NCC(=O)NCC#N. The predicted octanol–water partition coefficient (Wildman–Crippen LogP) is 0.0177. The molecular weight excluding hydrogens is 178 g/mol. The number of carbonyl (C=O) groups is 1. The fraction of sp³-hybridized carbons (Fsp3) is 0.600. The molecule has 0 bridgehead atoms. The average molecular weight is 193 g/mol. The summed E-state index contributed by atoms with van der Waals surface area (Å²) in [6.45, 7) is 2.26. The molecule has 0 aromatic carbocycles. The Morgan fingerprint density at radius 2 is 2.36 bits per heavy atom. The van der Waals surface area contributed by atoms with E-state index in [0.29, 0.717) is 6.42 Å². The summed E-state index contributed by atoms with van der Waals surface area (Å²) >= 11 is 0. The molecule has 0 saturated carbocycles. The van der Waals surface area contributed by atoms with Gasteiger partial charge in [0.2, 0.25) is 5.91 Å². The summed E-state index contributed by atoms with van der Waals surface area (Å²) in [4.78, 5) is 11.1. The van der Waals surface area contributed by atoms with Crippen LogP contribution >= 0.6 is 0 Å². The number of nitriles is 1. The van der Waals surface area contributed by atoms with Gasteiger partial charge in [0.05, 0.1) is 12.6 Å². The van der Waals surface area contributed by atoms with E-state index in [0.717, 1.165) is 6.42 Å². The molecule has 14 heavy (non-hydrogen) atoms. The van der Waals surface area contributed by atoms with Crippen molar-refractivity contribution in [1.82, 2.24) is 10.6 Å². The van der Waals surface area contributed by atoms with Crippen molar-refractivity contribution in [3.63, 3.8) is 0 Å². The number of carbonyl (C=O) groups excluding carboxylic acids is 1. The van der Waals surface area contributed by atoms with Crippen LogP contribution in [0.2, 0.25) is 0 Å². The molecule has 0 fully saturated rings. The Labute approximate surface area is 84.7 Å². The summed E-state index contributed by atoms with van der Waals surface area (Å²) in [5.41, 5.74) is 0. The van der Waals surface area contributed by atoms with Gasteiger partial charge in [-0.05, 0) is 6.42 Å². The van der Waals surface area contributed by atoms with E-state index in [2.05, 4.69) is 16.6 Å². The quantitative estimate of drug-likeness (QED) is 0.461. The van der Waals surface area contributed by atoms with Gasteiger partial charge in [0, 0.05) is 12.5 Å². The highest BCUT2D eigenvalue weighted by Gasteiger charge is 2.06. The molecule has 0 aromatic heterocycles. The molecule has 0 saturated heterocycles. The smallest absolute Gasteiger partial charge is 0.234 e. The summed E-state index contributed by atoms with van der Waals surface area (Å²) in [5.74, 6) is 2.36. The van der Waals surface area contributed by atoms with Gasteiger partial charge < -0.3 is 10.6 Å². The summed E-state index contributed by atoms with van der Waals surface area (Å²) in [5, 5.41) is 13.7. The molecule has 0 aliphatic heterocycles. The molecule has 2 N–H and O–H groups in total. The van der Waals surface area contributed by atoms with E-state index in [9.17, 15) is 4.79 Å². The maximum Gasteiger partial charge on any atom is 0.234 e. The lowest BCUT2D eigenvalue weighted by Crippen LogP contribution is -2.38. The first-order chi connectivity index (χ1) is 6.74. The molecule has 0 spiro atoms. The molecule has 0 aromatic rings. The molecular formula is C10H15N3O. The van der Waals surface area contributed by atoms with Crippen molar-refractivity contribution in [1.29, 1.82) is 5.26 Å². The second-order valence-corrected chi connectivity index (χ2v) is 2.83. The van der Waals surface area contributed by atoms with Gasteiger partial charge in [-0.1, -0.05) is 6.92 Å². The first-order valence-electron chi connectivity index (χ1n) is 4.55. The number of hydrogen-bond donors (Lipinski definition) is 2. The first-order valence-corrected chi connectivity index (χ1v) is 4.55. The molecule has 0 radical (unpaired) electrons. The Bertz CT molecular complexity index is 249. The Balaban J connectivity index is 3.64. The lowest BCUT2D eigenvalue weighted by Gasteiger charge is -2.13. The summed E-state index contributed by atoms with van der Waals surface area (Å²) in [6.07, 6.45) is 6.66. The number of terminal acetylenes is 1. The van der Waals surface area contributed by atoms with Crippen LogP contribution in [0.5, 0.6) is 0 Å². The first kappa shape index (κ1) is 12.5. The minimum atomic E-state index is -0.179. The molecule has 0 heterocycles. The van der Waals surface area contributed by atoms with Crippen molar-refractivity contribution < 1.29 is 4.79 Å². The largest absolute Gasteiger partial charge is 0.342 e. The van der Waals surface area contributed by atoms with Crippen LogP contribution in [0, 0.1) is 23.7 Å². The van der Waals surface area contributed by atoms with Crippen LogP contribution < -0.4 is 10.6 Å². The predicted molar refractivity (Wildman–Crippen MR) is 54.2 cm³/mol. The zero-order valence-corrected chi connectivity index (χ0v) is 8.34. The van der Waals surface area contributed by atoms with E-state index in [1.807, 2.05) is 13.0 Å². The number of amides is 1. The molecule has 0 aliphatic rings. The van der Waals surface area contributed by atoms with Crippen LogP contribution in [0.15, 0.2) is 0 Å². The van der Waals surface area contributed by atoms with Gasteiger partial charge in [0.15, 0.2) is 0 Å². The van der Waals surface area contributed by atoms with Gasteiger partial charge in [0.1, 0.15) is 6.54 Å². The number of hydrogen-bond acceptors (Lipinski definition) is 3. The van der Waals surface area contributed by atoms with E-state index < -0.39 is 0 Å². The van der Waals surface area contributed by atoms with E-state index in [1.54, 1.807) is 0 Å². The summed E-state index contributed by atoms with van der Waals surface area (Å²) < 4.78 is 0. The third kappa shape index (κ3) is 6.05. The second kappa shape index (κ2) is 8.10. The van der Waals surface area contributed by atoms with Gasteiger partial charge in [-0.15, -0.1) is 12.3 Å². The lowest BCUT2D eigenvalue weighted by molar-refractivity contribution is -0.120. The van der Waals surface area contributed by atoms with E-state index in [-0.39, 0.29) is 25.0 Å². The van der Waals surface area contributed by atoms with Crippen LogP contribution in [0.3, 0.4) is 0 Å². The molecule has 0 rings (SSSR count). The van der Waals surface area contributed by atoms with E-state index in [4.69, 9.17) is 11.7 Å². The zero-order valence-electron chi connectivity index (χ0n) is 8.34. The standard InChI is InChI=1S/C10H15N3O/c1-3-5-9(4-2)13-8-10(14)12-7-6-11/h1,9,13H,4-5,7-8H2,2H3,(H,12,14). The fourth-order valence-electron chi connectivity index (χ4n) is 0.941. The zero-order chi connectivity index (χ0) is 10.8. The average Bonchev–Trinajstić information content (AvgIpc) is 2.21. The van der Waals surface area contributed by atoms with Crippen molar-refractivity contribution in [2.24, 2.45) is 0 Å². The third-order valence-corrected chi connectivity index (χ3v) is 1.77. The van der Waals surface area contributed by atoms with Crippen molar-refractivity contribution in [3.05, 3.63) is 0 Å². The Kier molecular flexibility index (Phi) is 7.22. The van der Waals surface area contributed by atoms with Crippen molar-refractivity contribution in [2.75, 3.05) is 13.1 Å². The summed E-state index contributed by atoms with van der Waals surface area (Å²) in [6, 6.07) is 2.01. The Hall–Kier alpha value is -1.52. The van der Waals surface area contributed by atoms with Crippen LogP contribution in [0.25, 0.3) is 0 Å². The Morgan fingerprint density at radius 3 is 2.86 bits per heavy atom. The third-order valence-electron chi connectivity index (χ3n) is 1.77. The van der Waals surface area contributed by atoms with E-state index in [1.165, 1.54) is 0 Å². The topological polar surface area (TPSA) is 64.9 Å². The number of rotatable bonds is 6. The lowest BCUT2D eigenvalue weighted by atomic mass is 10.1. The monoisotopic (exact) mass is 193 g/mol. The summed E-state index contributed by atoms with van der Waals surface area (Å²) in [7, 11) is 0. The maximum atomic E-state index is 11.1. The van der Waals surface area contributed by atoms with Gasteiger partial charge in [-0.2, -0.15) is 5.26 Å². The van der Waals surface area contributed by atoms with Gasteiger partial charge >= 0.3 is 0 Å². The van der Waals surface area contributed by atoms with E-state index >= 15 is 0 Å². The molecule has 0 aliphatic carbocycles. The van der Waals surface area contributed by atoms with Gasteiger partial charge in [-0.3, -0.25) is 4.79 Å². The number of nitrogens with zero attached hydrogens (tertiary/aromatic N) is 1. The fourth-order valence-corrected chi connectivity index (χ4v) is 0.941. The second-order valence-electron chi connectivity index (χ2n) is 2.83. The molecule has 76 valence electrons. The number of nitrogens with one attached hydrogen (secondary N) is 2. The van der Waals surface area contributed by atoms with Crippen molar-refractivity contribution in [3.8, 4) is 18.4 Å². The minimum absolute atomic E-state index is 0.0481. The minimum Gasteiger partial charge on any atom is -0.342 e. The van der Waals surface area contributed by atoms with Gasteiger partial charge in [0.25, 0.3) is 0 Å². The van der Waals surface area contributed by atoms with Crippen molar-refractivity contribution >= 4 is 5.91 Å². The van der Waals surface area contributed by atoms with Crippen LogP contribution in [-0.2, 0) is 4.79 Å². The highest BCUT2D eigenvalue weighted by molar-refractivity contribution is 5.78. The van der Waals surface area contributed by atoms with Crippen LogP contribution in [0.4, 0.5) is 0 Å². The molecule has 1 amide bonds. The van der Waals surface area contributed by atoms with Gasteiger partial charge in [-0.25, -0.2) is 0 Å². The van der Waals surface area contributed by atoms with Crippen molar-refractivity contribution in [2.45, 2.75) is 25.8 Å². The highest BCUT2D eigenvalue weighted by atomic mass is 16.1. The Morgan fingerprint density at radius 1 is 1.64 bits per heavy atom. The van der Waals surface area contributed by atoms with Crippen LogP contribution in [-0.4, -0.2) is 25.0 Å².